The van der Waals surface area contributed by atoms with Gasteiger partial charge in [0.1, 0.15) is 0 Å². The summed E-state index contributed by atoms with van der Waals surface area (Å²) in [5.41, 5.74) is 0. The predicted octanol–water partition coefficient (Wildman–Crippen LogP) is 3.55. The van der Waals surface area contributed by atoms with E-state index in [1.54, 1.807) is 0 Å². The molecule has 0 unspecified atom stereocenters. The maximum Gasteiger partial charge on any atom is 0.333 e. The van der Waals surface area contributed by atoms with Gasteiger partial charge in [0, 0.05) is 6.42 Å². The van der Waals surface area contributed by atoms with E-state index in [2.05, 4.69) is 31.9 Å². The van der Waals surface area contributed by atoms with Gasteiger partial charge in [0.25, 0.3) is 0 Å². The highest BCUT2D eigenvalue weighted by Gasteiger charge is 2.33. The number of alkyl halides is 2. The van der Waals surface area contributed by atoms with Crippen LogP contribution in [0.1, 0.15) is 46.0 Å². The second-order valence-corrected chi connectivity index (χ2v) is 7.69. The largest absolute Gasteiger partial charge is 0.466 e. The first kappa shape index (κ1) is 17.9. The van der Waals surface area contributed by atoms with Gasteiger partial charge in [-0.15, -0.1) is 0 Å². The zero-order valence-electron chi connectivity index (χ0n) is 10.8. The predicted molar refractivity (Wildman–Crippen MR) is 76.9 cm³/mol. The zero-order chi connectivity index (χ0) is 14.0. The lowest BCUT2D eigenvalue weighted by Gasteiger charge is -2.18. The van der Waals surface area contributed by atoms with Gasteiger partial charge in [0.2, 0.25) is 0 Å². The normalized spacial score (nSPS) is 11.1. The van der Waals surface area contributed by atoms with Gasteiger partial charge in [-0.2, -0.15) is 0 Å². The van der Waals surface area contributed by atoms with Crippen LogP contribution in [-0.4, -0.2) is 28.4 Å². The van der Waals surface area contributed by atoms with E-state index in [1.807, 2.05) is 13.8 Å². The molecule has 0 aliphatic rings. The molecule has 106 valence electrons. The van der Waals surface area contributed by atoms with Crippen molar-refractivity contribution >= 4 is 43.8 Å². The first-order valence-electron chi connectivity index (χ1n) is 6.14. The van der Waals surface area contributed by atoms with E-state index in [4.69, 9.17) is 9.47 Å². The molecule has 0 N–H and O–H groups in total. The van der Waals surface area contributed by atoms with Crippen LogP contribution in [0.4, 0.5) is 0 Å². The Hall–Kier alpha value is -0.100. The lowest BCUT2D eigenvalue weighted by molar-refractivity contribution is -0.145. The number of hydrogen-bond acceptors (Lipinski definition) is 4. The molecule has 0 spiro atoms. The fourth-order valence-electron chi connectivity index (χ4n) is 1.15. The summed E-state index contributed by atoms with van der Waals surface area (Å²) >= 11 is 6.54. The average Bonchev–Trinajstić information content (AvgIpc) is 2.33. The van der Waals surface area contributed by atoms with Crippen LogP contribution < -0.4 is 0 Å². The van der Waals surface area contributed by atoms with Crippen molar-refractivity contribution in [3.8, 4) is 0 Å². The number of rotatable bonds is 9. The Balaban J connectivity index is 3.88. The molecular weight excluding hydrogens is 368 g/mol. The molecule has 18 heavy (non-hydrogen) atoms. The van der Waals surface area contributed by atoms with Crippen molar-refractivity contribution in [2.75, 3.05) is 13.2 Å². The van der Waals surface area contributed by atoms with Crippen LogP contribution in [0.25, 0.3) is 0 Å². The smallest absolute Gasteiger partial charge is 0.333 e. The first-order valence-corrected chi connectivity index (χ1v) is 7.73. The topological polar surface area (TPSA) is 52.6 Å². The number of esters is 2. The van der Waals surface area contributed by atoms with E-state index in [-0.39, 0.29) is 11.9 Å². The average molecular weight is 388 g/mol. The molecule has 0 atom stereocenters. The van der Waals surface area contributed by atoms with Crippen LogP contribution in [0, 0.1) is 0 Å². The van der Waals surface area contributed by atoms with Gasteiger partial charge in [-0.3, -0.25) is 4.79 Å². The van der Waals surface area contributed by atoms with Gasteiger partial charge in [-0.05, 0) is 25.7 Å². The van der Waals surface area contributed by atoms with Gasteiger partial charge in [-0.1, -0.05) is 45.7 Å². The molecule has 6 heteroatoms. The number of halogens is 2. The molecule has 0 rings (SSSR count). The van der Waals surface area contributed by atoms with Crippen molar-refractivity contribution < 1.29 is 19.1 Å². The minimum atomic E-state index is -0.903. The second kappa shape index (κ2) is 9.78. The molecule has 0 aromatic carbocycles. The fraction of sp³-hybridized carbons (Fsp3) is 0.833. The maximum absolute atomic E-state index is 11.6. The molecule has 0 saturated carbocycles. The van der Waals surface area contributed by atoms with Gasteiger partial charge in [0.05, 0.1) is 13.2 Å². The summed E-state index contributed by atoms with van der Waals surface area (Å²) in [5.74, 6) is -0.583. The molecule has 4 nitrogen and oxygen atoms in total. The standard InChI is InChI=1S/C12H20Br2O4/c1-3-8-17-10(15)6-5-7-12(13,14)11(16)18-9-4-2/h3-9H2,1-2H3. The molecule has 0 fully saturated rings. The minimum Gasteiger partial charge on any atom is -0.466 e. The number of carbonyl (C=O) groups is 2. The van der Waals surface area contributed by atoms with Gasteiger partial charge < -0.3 is 9.47 Å². The molecule has 0 aromatic rings. The third kappa shape index (κ3) is 8.08. The molecular formula is C12H20Br2O4. The third-order valence-electron chi connectivity index (χ3n) is 2.07. The summed E-state index contributed by atoms with van der Waals surface area (Å²) in [4.78, 5) is 22.9. The zero-order valence-corrected chi connectivity index (χ0v) is 14.0. The van der Waals surface area contributed by atoms with Crippen LogP contribution in [0.15, 0.2) is 0 Å². The van der Waals surface area contributed by atoms with Gasteiger partial charge in [0.15, 0.2) is 3.23 Å². The highest BCUT2D eigenvalue weighted by atomic mass is 79.9. The molecule has 0 amide bonds. The number of hydrogen-bond donors (Lipinski definition) is 0. The summed E-state index contributed by atoms with van der Waals surface area (Å²) < 4.78 is 9.07. The minimum absolute atomic E-state index is 0.227. The molecule has 0 aliphatic heterocycles. The van der Waals surface area contributed by atoms with Crippen molar-refractivity contribution in [3.63, 3.8) is 0 Å². The third-order valence-corrected chi connectivity index (χ3v) is 3.52. The van der Waals surface area contributed by atoms with E-state index in [0.29, 0.717) is 32.5 Å². The Labute approximate surface area is 125 Å². The fourth-order valence-corrected chi connectivity index (χ4v) is 1.93. The Morgan fingerprint density at radius 1 is 1.06 bits per heavy atom. The molecule has 0 aliphatic carbocycles. The van der Waals surface area contributed by atoms with Crippen molar-refractivity contribution in [2.45, 2.75) is 49.2 Å². The summed E-state index contributed by atoms with van der Waals surface area (Å²) in [5, 5.41) is 0. The Morgan fingerprint density at radius 3 is 2.17 bits per heavy atom. The van der Waals surface area contributed by atoms with E-state index in [9.17, 15) is 9.59 Å². The first-order chi connectivity index (χ1) is 8.44. The van der Waals surface area contributed by atoms with E-state index >= 15 is 0 Å². The van der Waals surface area contributed by atoms with Crippen LogP contribution in [0.2, 0.25) is 0 Å². The lowest BCUT2D eigenvalue weighted by Crippen LogP contribution is -2.27. The highest BCUT2D eigenvalue weighted by Crippen LogP contribution is 2.33. The second-order valence-electron chi connectivity index (χ2n) is 3.91. The summed E-state index contributed by atoms with van der Waals surface area (Å²) in [7, 11) is 0. The van der Waals surface area contributed by atoms with Crippen molar-refractivity contribution in [1.82, 2.24) is 0 Å². The number of carbonyl (C=O) groups excluding carboxylic acids is 2. The van der Waals surface area contributed by atoms with Crippen molar-refractivity contribution in [1.29, 1.82) is 0 Å². The molecule has 0 aromatic heterocycles. The summed E-state index contributed by atoms with van der Waals surface area (Å²) in [6, 6.07) is 0. The van der Waals surface area contributed by atoms with Crippen LogP contribution in [-0.2, 0) is 19.1 Å². The quantitative estimate of drug-likeness (QED) is 0.448. The summed E-state index contributed by atoms with van der Waals surface area (Å²) in [6.07, 6.45) is 2.93. The Kier molecular flexibility index (Phi) is 9.73. The molecule has 0 saturated heterocycles. The molecule has 0 radical (unpaired) electrons. The SMILES string of the molecule is CCCOC(=O)CCCC(Br)(Br)C(=O)OCCC. The van der Waals surface area contributed by atoms with Gasteiger partial charge in [-0.25, -0.2) is 4.79 Å². The van der Waals surface area contributed by atoms with Crippen LogP contribution in [0.3, 0.4) is 0 Å². The Morgan fingerprint density at radius 2 is 1.61 bits per heavy atom. The Bertz CT molecular complexity index is 267. The van der Waals surface area contributed by atoms with E-state index in [1.165, 1.54) is 0 Å². The van der Waals surface area contributed by atoms with Crippen LogP contribution >= 0.6 is 31.9 Å². The monoisotopic (exact) mass is 386 g/mol. The summed E-state index contributed by atoms with van der Waals surface area (Å²) in [6.45, 7) is 4.72. The molecule has 0 heterocycles. The maximum atomic E-state index is 11.6. The number of ether oxygens (including phenoxy) is 2. The lowest BCUT2D eigenvalue weighted by atomic mass is 10.2. The molecule has 0 bridgehead atoms. The highest BCUT2D eigenvalue weighted by molar-refractivity contribution is 9.25. The van der Waals surface area contributed by atoms with Crippen molar-refractivity contribution in [2.24, 2.45) is 0 Å². The van der Waals surface area contributed by atoms with Crippen LogP contribution in [0.5, 0.6) is 0 Å². The van der Waals surface area contributed by atoms with E-state index < -0.39 is 3.23 Å². The van der Waals surface area contributed by atoms with Crippen molar-refractivity contribution in [3.05, 3.63) is 0 Å². The van der Waals surface area contributed by atoms with E-state index in [0.717, 1.165) is 12.8 Å². The van der Waals surface area contributed by atoms with Gasteiger partial charge >= 0.3 is 11.9 Å².